The van der Waals surface area contributed by atoms with Gasteiger partial charge in [0.05, 0.1) is 0 Å². The fourth-order valence-corrected chi connectivity index (χ4v) is 3.94. The number of fused-ring (bicyclic) bond motifs is 1. The van der Waals surface area contributed by atoms with Crippen LogP contribution in [0.4, 0.5) is 0 Å². The molecule has 1 aliphatic heterocycles. The van der Waals surface area contributed by atoms with Gasteiger partial charge in [-0.2, -0.15) is 0 Å². The van der Waals surface area contributed by atoms with Crippen LogP contribution in [0.5, 0.6) is 5.75 Å². The summed E-state index contributed by atoms with van der Waals surface area (Å²) in [6.45, 7) is 15.6. The van der Waals surface area contributed by atoms with Gasteiger partial charge in [-0.25, -0.2) is 0 Å². The van der Waals surface area contributed by atoms with Crippen LogP contribution in [0, 0.1) is 0 Å². The van der Waals surface area contributed by atoms with Gasteiger partial charge in [0.2, 0.25) is 0 Å². The molecular formula is C16H25BrO2Si. The summed E-state index contributed by atoms with van der Waals surface area (Å²) in [4.78, 5) is 0. The summed E-state index contributed by atoms with van der Waals surface area (Å²) in [5, 5.41) is 0.192. The maximum atomic E-state index is 6.65. The normalized spacial score (nSPS) is 21.5. The van der Waals surface area contributed by atoms with Crippen molar-refractivity contribution < 1.29 is 9.16 Å². The minimum atomic E-state index is -1.84. The fraction of sp³-hybridized carbons (Fsp3) is 0.625. The van der Waals surface area contributed by atoms with Crippen molar-refractivity contribution in [3.05, 3.63) is 28.2 Å². The van der Waals surface area contributed by atoms with Crippen molar-refractivity contribution in [3.63, 3.8) is 0 Å². The molecule has 1 aromatic rings. The Labute approximate surface area is 132 Å². The van der Waals surface area contributed by atoms with E-state index < -0.39 is 8.32 Å². The first-order valence-electron chi connectivity index (χ1n) is 7.10. The Hall–Kier alpha value is -0.323. The van der Waals surface area contributed by atoms with Gasteiger partial charge < -0.3 is 9.16 Å². The summed E-state index contributed by atoms with van der Waals surface area (Å²) in [5.74, 6) is 0.946. The highest BCUT2D eigenvalue weighted by Crippen LogP contribution is 2.50. The molecule has 1 atom stereocenters. The van der Waals surface area contributed by atoms with Crippen molar-refractivity contribution in [2.24, 2.45) is 0 Å². The van der Waals surface area contributed by atoms with Crippen LogP contribution < -0.4 is 4.74 Å². The van der Waals surface area contributed by atoms with Crippen molar-refractivity contribution in [2.45, 2.75) is 64.5 Å². The molecule has 0 aliphatic carbocycles. The Balaban J connectivity index is 2.39. The molecule has 0 amide bonds. The molecule has 2 rings (SSSR count). The highest BCUT2D eigenvalue weighted by molar-refractivity contribution is 9.10. The number of rotatable bonds is 2. The van der Waals surface area contributed by atoms with Gasteiger partial charge in [0.25, 0.3) is 0 Å². The third kappa shape index (κ3) is 2.83. The Morgan fingerprint density at radius 3 is 2.40 bits per heavy atom. The van der Waals surface area contributed by atoms with Gasteiger partial charge >= 0.3 is 0 Å². The molecule has 0 fully saturated rings. The van der Waals surface area contributed by atoms with E-state index in [1.165, 1.54) is 0 Å². The predicted octanol–water partition coefficient (Wildman–Crippen LogP) is 5.68. The molecule has 0 spiro atoms. The van der Waals surface area contributed by atoms with E-state index in [2.05, 4.69) is 69.7 Å². The molecule has 20 heavy (non-hydrogen) atoms. The molecule has 2 nitrogen and oxygen atoms in total. The third-order valence-corrected chi connectivity index (χ3v) is 9.41. The largest absolute Gasteiger partial charge is 0.484 e. The van der Waals surface area contributed by atoms with Crippen molar-refractivity contribution in [2.75, 3.05) is 0 Å². The van der Waals surface area contributed by atoms with Crippen LogP contribution >= 0.6 is 15.9 Å². The van der Waals surface area contributed by atoms with Gasteiger partial charge in [0.1, 0.15) is 17.5 Å². The van der Waals surface area contributed by atoms with E-state index >= 15 is 0 Å². The second-order valence-corrected chi connectivity index (χ2v) is 13.3. The van der Waals surface area contributed by atoms with Crippen LogP contribution in [-0.2, 0) is 4.43 Å². The predicted molar refractivity (Wildman–Crippen MR) is 89.9 cm³/mol. The first-order valence-corrected chi connectivity index (χ1v) is 10.8. The first-order chi connectivity index (χ1) is 8.94. The molecule has 0 saturated carbocycles. The van der Waals surface area contributed by atoms with Crippen molar-refractivity contribution in [1.82, 2.24) is 0 Å². The molecule has 1 unspecified atom stereocenters. The monoisotopic (exact) mass is 356 g/mol. The topological polar surface area (TPSA) is 18.5 Å². The molecule has 112 valence electrons. The van der Waals surface area contributed by atoms with E-state index in [1.807, 2.05) is 12.1 Å². The van der Waals surface area contributed by atoms with Gasteiger partial charge in [0, 0.05) is 10.0 Å². The lowest BCUT2D eigenvalue weighted by Crippen LogP contribution is -2.46. The maximum Gasteiger partial charge on any atom is 0.193 e. The second-order valence-electron chi connectivity index (χ2n) is 7.65. The Morgan fingerprint density at radius 1 is 1.25 bits per heavy atom. The number of halogens is 1. The highest BCUT2D eigenvalue weighted by Gasteiger charge is 2.48. The summed E-state index contributed by atoms with van der Waals surface area (Å²) in [7, 11) is -1.84. The molecule has 1 aromatic carbocycles. The van der Waals surface area contributed by atoms with Gasteiger partial charge in [-0.05, 0) is 50.2 Å². The maximum absolute atomic E-state index is 6.65. The van der Waals surface area contributed by atoms with Crippen LogP contribution in [0.1, 0.15) is 46.3 Å². The lowest BCUT2D eigenvalue weighted by molar-refractivity contribution is 0.00818. The number of hydrogen-bond acceptors (Lipinski definition) is 2. The quantitative estimate of drug-likeness (QED) is 0.634. The second kappa shape index (κ2) is 4.85. The first kappa shape index (κ1) is 16.1. The Kier molecular flexibility index (Phi) is 3.90. The van der Waals surface area contributed by atoms with Crippen LogP contribution in [-0.4, -0.2) is 13.9 Å². The number of ether oxygens (including phenoxy) is 1. The van der Waals surface area contributed by atoms with Crippen molar-refractivity contribution in [3.8, 4) is 5.75 Å². The summed E-state index contributed by atoms with van der Waals surface area (Å²) in [6.07, 6.45) is -0.00380. The zero-order valence-corrected chi connectivity index (χ0v) is 16.1. The summed E-state index contributed by atoms with van der Waals surface area (Å²) < 4.78 is 13.8. The van der Waals surface area contributed by atoms with Gasteiger partial charge in [-0.3, -0.25) is 0 Å². The van der Waals surface area contributed by atoms with E-state index in [4.69, 9.17) is 9.16 Å². The zero-order valence-electron chi connectivity index (χ0n) is 13.5. The lowest BCUT2D eigenvalue weighted by Gasteiger charge is -2.41. The van der Waals surface area contributed by atoms with E-state index in [1.54, 1.807) is 0 Å². The van der Waals surface area contributed by atoms with Gasteiger partial charge in [0.15, 0.2) is 8.32 Å². The minimum absolute atomic E-state index is 0.00380. The number of benzene rings is 1. The summed E-state index contributed by atoms with van der Waals surface area (Å²) >= 11 is 3.55. The van der Waals surface area contributed by atoms with Gasteiger partial charge in [-0.1, -0.05) is 36.7 Å². The number of hydrogen-bond donors (Lipinski definition) is 0. The smallest absolute Gasteiger partial charge is 0.193 e. The molecule has 0 radical (unpaired) electrons. The molecule has 0 N–H and O–H groups in total. The van der Waals surface area contributed by atoms with E-state index in [9.17, 15) is 0 Å². The Morgan fingerprint density at radius 2 is 1.85 bits per heavy atom. The third-order valence-electron chi connectivity index (χ3n) is 4.48. The van der Waals surface area contributed by atoms with Crippen LogP contribution in [0.3, 0.4) is 0 Å². The van der Waals surface area contributed by atoms with Crippen molar-refractivity contribution in [1.29, 1.82) is 0 Å². The molecule has 0 bridgehead atoms. The Bertz CT molecular complexity index is 518. The molecule has 1 aliphatic rings. The molecule has 0 aromatic heterocycles. The molecule has 0 saturated heterocycles. The SMILES string of the molecule is CC1(C)Oc2ccc(Br)cc2C1O[Si](C)(C)C(C)(C)C. The van der Waals surface area contributed by atoms with E-state index in [-0.39, 0.29) is 16.7 Å². The standard InChI is InChI=1S/C16H25BrO2Si/c1-15(2,3)20(6,7)19-14-12-10-11(17)8-9-13(12)18-16(14,4)5/h8-10,14H,1-7H3. The zero-order chi connectivity index (χ0) is 15.3. The van der Waals surface area contributed by atoms with Crippen LogP contribution in [0.25, 0.3) is 0 Å². The van der Waals surface area contributed by atoms with Crippen molar-refractivity contribution >= 4 is 24.2 Å². The molecule has 4 heteroatoms. The average Bonchev–Trinajstić information content (AvgIpc) is 2.49. The lowest BCUT2D eigenvalue weighted by atomic mass is 9.98. The van der Waals surface area contributed by atoms with Gasteiger partial charge in [-0.15, -0.1) is 0 Å². The summed E-state index contributed by atoms with van der Waals surface area (Å²) in [5.41, 5.74) is 0.841. The fourth-order valence-electron chi connectivity index (χ4n) is 2.21. The highest BCUT2D eigenvalue weighted by atomic mass is 79.9. The summed E-state index contributed by atoms with van der Waals surface area (Å²) in [6, 6.07) is 6.17. The minimum Gasteiger partial charge on any atom is -0.484 e. The molecular weight excluding hydrogens is 332 g/mol. The molecule has 1 heterocycles. The van der Waals surface area contributed by atoms with E-state index in [0.717, 1.165) is 15.8 Å². The van der Waals surface area contributed by atoms with Crippen LogP contribution in [0.15, 0.2) is 22.7 Å². The van der Waals surface area contributed by atoms with E-state index in [0.29, 0.717) is 0 Å². The van der Waals surface area contributed by atoms with Crippen LogP contribution in [0.2, 0.25) is 18.1 Å². The average molecular weight is 357 g/mol.